The smallest absolute Gasteiger partial charge is 0.0791 e. The summed E-state index contributed by atoms with van der Waals surface area (Å²) < 4.78 is 5.50. The normalized spacial score (nSPS) is 13.8. The van der Waals surface area contributed by atoms with Gasteiger partial charge in [-0.05, 0) is 50.8 Å². The Morgan fingerprint density at radius 2 is 1.82 bits per heavy atom. The number of hydrazine groups is 1. The van der Waals surface area contributed by atoms with E-state index in [0.29, 0.717) is 0 Å². The van der Waals surface area contributed by atoms with Crippen LogP contribution in [0.25, 0.3) is 0 Å². The predicted octanol–water partition coefficient (Wildman–Crippen LogP) is 2.10. The standard InChI is InChI=1S/C14H24N2O/c1-10-7-6-8-11(2)12(10)9-13(16-15)14(3,4)17-5/h6-8,13,16H,9,15H2,1-5H3. The highest BCUT2D eigenvalue weighted by Gasteiger charge is 2.29. The number of rotatable bonds is 5. The van der Waals surface area contributed by atoms with Crippen molar-refractivity contribution in [1.29, 1.82) is 0 Å². The van der Waals surface area contributed by atoms with E-state index >= 15 is 0 Å². The molecule has 0 heterocycles. The summed E-state index contributed by atoms with van der Waals surface area (Å²) in [5.41, 5.74) is 6.54. The molecule has 0 saturated heterocycles. The molecule has 0 spiro atoms. The molecule has 1 aromatic carbocycles. The van der Waals surface area contributed by atoms with Crippen LogP contribution in [0.3, 0.4) is 0 Å². The third-order valence-electron chi connectivity index (χ3n) is 3.62. The first-order chi connectivity index (χ1) is 7.92. The van der Waals surface area contributed by atoms with Gasteiger partial charge in [-0.15, -0.1) is 0 Å². The number of hydrogen-bond donors (Lipinski definition) is 2. The molecule has 0 amide bonds. The summed E-state index contributed by atoms with van der Waals surface area (Å²) >= 11 is 0. The first kappa shape index (κ1) is 14.2. The van der Waals surface area contributed by atoms with Crippen LogP contribution in [0.4, 0.5) is 0 Å². The second-order valence-corrected chi connectivity index (χ2v) is 5.10. The Balaban J connectivity index is 2.96. The number of nitrogens with one attached hydrogen (secondary N) is 1. The van der Waals surface area contributed by atoms with Crippen molar-refractivity contribution >= 4 is 0 Å². The number of benzene rings is 1. The van der Waals surface area contributed by atoms with Gasteiger partial charge in [-0.3, -0.25) is 11.3 Å². The SMILES string of the molecule is COC(C)(C)C(Cc1c(C)cccc1C)NN. The van der Waals surface area contributed by atoms with Gasteiger partial charge in [0, 0.05) is 7.11 Å². The molecule has 1 unspecified atom stereocenters. The summed E-state index contributed by atoms with van der Waals surface area (Å²) in [6, 6.07) is 6.44. The topological polar surface area (TPSA) is 47.3 Å². The minimum Gasteiger partial charge on any atom is -0.377 e. The van der Waals surface area contributed by atoms with Gasteiger partial charge in [0.2, 0.25) is 0 Å². The summed E-state index contributed by atoms with van der Waals surface area (Å²) in [5.74, 6) is 5.65. The van der Waals surface area contributed by atoms with Crippen molar-refractivity contribution in [3.63, 3.8) is 0 Å². The van der Waals surface area contributed by atoms with Crippen LogP contribution in [0.2, 0.25) is 0 Å². The Hall–Kier alpha value is -0.900. The van der Waals surface area contributed by atoms with E-state index in [4.69, 9.17) is 10.6 Å². The minimum absolute atomic E-state index is 0.0901. The molecule has 0 radical (unpaired) electrons. The first-order valence-electron chi connectivity index (χ1n) is 5.98. The molecule has 0 aliphatic rings. The highest BCUT2D eigenvalue weighted by molar-refractivity contribution is 5.34. The number of methoxy groups -OCH3 is 1. The van der Waals surface area contributed by atoms with Crippen LogP contribution >= 0.6 is 0 Å². The van der Waals surface area contributed by atoms with Gasteiger partial charge in [0.1, 0.15) is 0 Å². The van der Waals surface area contributed by atoms with Gasteiger partial charge < -0.3 is 4.74 Å². The molecule has 0 bridgehead atoms. The lowest BCUT2D eigenvalue weighted by Crippen LogP contribution is -2.52. The molecule has 3 nitrogen and oxygen atoms in total. The van der Waals surface area contributed by atoms with Crippen molar-refractivity contribution in [1.82, 2.24) is 5.43 Å². The van der Waals surface area contributed by atoms with Crippen LogP contribution in [0.5, 0.6) is 0 Å². The molecular formula is C14H24N2O. The molecule has 1 atom stereocenters. The quantitative estimate of drug-likeness (QED) is 0.608. The summed E-state index contributed by atoms with van der Waals surface area (Å²) in [6.45, 7) is 8.36. The number of aryl methyl sites for hydroxylation is 2. The molecule has 0 saturated carbocycles. The van der Waals surface area contributed by atoms with Crippen LogP contribution in [0.1, 0.15) is 30.5 Å². The highest BCUT2D eigenvalue weighted by atomic mass is 16.5. The molecule has 17 heavy (non-hydrogen) atoms. The molecule has 0 aromatic heterocycles. The van der Waals surface area contributed by atoms with E-state index in [1.165, 1.54) is 16.7 Å². The summed E-state index contributed by atoms with van der Waals surface area (Å²) in [5, 5.41) is 0. The van der Waals surface area contributed by atoms with Crippen molar-refractivity contribution in [3.8, 4) is 0 Å². The third-order valence-corrected chi connectivity index (χ3v) is 3.62. The molecule has 3 heteroatoms. The van der Waals surface area contributed by atoms with Crippen LogP contribution in [-0.2, 0) is 11.2 Å². The van der Waals surface area contributed by atoms with E-state index in [0.717, 1.165) is 6.42 Å². The Bertz CT molecular complexity index is 354. The third kappa shape index (κ3) is 3.28. The van der Waals surface area contributed by atoms with E-state index in [1.807, 2.05) is 13.8 Å². The molecule has 1 aromatic rings. The summed E-state index contributed by atoms with van der Waals surface area (Å²) in [6.07, 6.45) is 0.871. The van der Waals surface area contributed by atoms with Gasteiger partial charge in [0.25, 0.3) is 0 Å². The maximum Gasteiger partial charge on any atom is 0.0791 e. The molecule has 0 aliphatic carbocycles. The lowest BCUT2D eigenvalue weighted by molar-refractivity contribution is -0.0101. The Kier molecular flexibility index (Phi) is 4.69. The van der Waals surface area contributed by atoms with Crippen LogP contribution in [0.15, 0.2) is 18.2 Å². The molecule has 0 fully saturated rings. The lowest BCUT2D eigenvalue weighted by atomic mass is 9.89. The van der Waals surface area contributed by atoms with Gasteiger partial charge in [-0.1, -0.05) is 18.2 Å². The minimum atomic E-state index is -0.288. The monoisotopic (exact) mass is 236 g/mol. The highest BCUT2D eigenvalue weighted by Crippen LogP contribution is 2.21. The Labute approximate surface area is 104 Å². The van der Waals surface area contributed by atoms with Crippen molar-refractivity contribution in [2.24, 2.45) is 5.84 Å². The largest absolute Gasteiger partial charge is 0.377 e. The molecule has 0 aliphatic heterocycles. The van der Waals surface area contributed by atoms with E-state index in [2.05, 4.69) is 37.5 Å². The van der Waals surface area contributed by atoms with Crippen molar-refractivity contribution in [3.05, 3.63) is 34.9 Å². The second kappa shape index (κ2) is 5.63. The Morgan fingerprint density at radius 3 is 2.24 bits per heavy atom. The molecular weight excluding hydrogens is 212 g/mol. The van der Waals surface area contributed by atoms with Crippen molar-refractivity contribution < 1.29 is 4.74 Å². The fourth-order valence-electron chi connectivity index (χ4n) is 2.02. The maximum absolute atomic E-state index is 5.65. The first-order valence-corrected chi connectivity index (χ1v) is 5.98. The number of nitrogens with two attached hydrogens (primary N) is 1. The van der Waals surface area contributed by atoms with Crippen LogP contribution in [-0.4, -0.2) is 18.8 Å². The van der Waals surface area contributed by atoms with E-state index < -0.39 is 0 Å². The number of hydrogen-bond acceptors (Lipinski definition) is 3. The zero-order valence-electron chi connectivity index (χ0n) is 11.5. The zero-order chi connectivity index (χ0) is 13.1. The van der Waals surface area contributed by atoms with Crippen LogP contribution in [0, 0.1) is 13.8 Å². The van der Waals surface area contributed by atoms with Crippen LogP contribution < -0.4 is 11.3 Å². The average Bonchev–Trinajstić information content (AvgIpc) is 2.28. The zero-order valence-corrected chi connectivity index (χ0v) is 11.5. The van der Waals surface area contributed by atoms with E-state index in [-0.39, 0.29) is 11.6 Å². The summed E-state index contributed by atoms with van der Waals surface area (Å²) in [4.78, 5) is 0. The average molecular weight is 236 g/mol. The predicted molar refractivity (Wildman–Crippen MR) is 71.8 cm³/mol. The van der Waals surface area contributed by atoms with Gasteiger partial charge in [0.05, 0.1) is 11.6 Å². The van der Waals surface area contributed by atoms with Gasteiger partial charge in [-0.2, -0.15) is 0 Å². The lowest BCUT2D eigenvalue weighted by Gasteiger charge is -2.33. The fourth-order valence-corrected chi connectivity index (χ4v) is 2.02. The van der Waals surface area contributed by atoms with Gasteiger partial charge in [-0.25, -0.2) is 0 Å². The second-order valence-electron chi connectivity index (χ2n) is 5.10. The van der Waals surface area contributed by atoms with Gasteiger partial charge in [0.15, 0.2) is 0 Å². The van der Waals surface area contributed by atoms with E-state index in [1.54, 1.807) is 7.11 Å². The molecule has 96 valence electrons. The maximum atomic E-state index is 5.65. The fraction of sp³-hybridized carbons (Fsp3) is 0.571. The van der Waals surface area contributed by atoms with E-state index in [9.17, 15) is 0 Å². The number of ether oxygens (including phenoxy) is 1. The van der Waals surface area contributed by atoms with Crippen molar-refractivity contribution in [2.75, 3.05) is 7.11 Å². The Morgan fingerprint density at radius 1 is 1.29 bits per heavy atom. The van der Waals surface area contributed by atoms with Gasteiger partial charge >= 0.3 is 0 Å². The summed E-state index contributed by atoms with van der Waals surface area (Å²) in [7, 11) is 1.72. The molecule has 3 N–H and O–H groups in total. The molecule has 1 rings (SSSR count). The van der Waals surface area contributed by atoms with Crippen molar-refractivity contribution in [2.45, 2.75) is 45.8 Å².